The second kappa shape index (κ2) is 7.60. The Labute approximate surface area is 126 Å². The van der Waals surface area contributed by atoms with Gasteiger partial charge in [0, 0.05) is 23.5 Å². The van der Waals surface area contributed by atoms with Crippen molar-refractivity contribution in [2.45, 2.75) is 52.1 Å². The third-order valence-corrected chi connectivity index (χ3v) is 4.72. The van der Waals surface area contributed by atoms with Crippen LogP contribution in [-0.4, -0.2) is 16.3 Å². The van der Waals surface area contributed by atoms with Crippen LogP contribution in [-0.2, 0) is 6.42 Å². The number of nitrogens with zero attached hydrogens (tertiary/aromatic N) is 2. The van der Waals surface area contributed by atoms with E-state index in [1.165, 1.54) is 10.6 Å². The van der Waals surface area contributed by atoms with Crippen molar-refractivity contribution in [3.05, 3.63) is 40.3 Å². The minimum absolute atomic E-state index is 0.380. The van der Waals surface area contributed by atoms with Crippen molar-refractivity contribution in [1.29, 1.82) is 0 Å². The molecule has 0 aliphatic carbocycles. The molecular weight excluding hydrogens is 266 g/mol. The van der Waals surface area contributed by atoms with Crippen molar-refractivity contribution in [3.8, 4) is 0 Å². The molecule has 0 bridgehead atoms. The van der Waals surface area contributed by atoms with Crippen molar-refractivity contribution in [1.82, 2.24) is 15.1 Å². The van der Waals surface area contributed by atoms with Crippen LogP contribution in [0.1, 0.15) is 56.3 Å². The summed E-state index contributed by atoms with van der Waals surface area (Å²) in [7, 11) is 0. The topological polar surface area (TPSA) is 29.9 Å². The third kappa shape index (κ3) is 3.70. The van der Waals surface area contributed by atoms with E-state index in [2.05, 4.69) is 60.5 Å². The molecule has 2 aromatic rings. The molecule has 1 atom stereocenters. The highest BCUT2D eigenvalue weighted by Crippen LogP contribution is 2.23. The first-order valence-corrected chi connectivity index (χ1v) is 8.47. The summed E-state index contributed by atoms with van der Waals surface area (Å²) in [6.07, 6.45) is 5.37. The largest absolute Gasteiger partial charge is 0.309 e. The number of likely N-dealkylation sites (N-methyl/N-ethyl adjacent to an activating group) is 1. The summed E-state index contributed by atoms with van der Waals surface area (Å²) in [6.45, 7) is 7.59. The molecule has 0 saturated heterocycles. The van der Waals surface area contributed by atoms with Crippen LogP contribution in [0.4, 0.5) is 0 Å². The summed E-state index contributed by atoms with van der Waals surface area (Å²) in [5.41, 5.74) is 1.18. The maximum absolute atomic E-state index is 4.77. The van der Waals surface area contributed by atoms with Gasteiger partial charge in [0.05, 0.1) is 11.7 Å². The zero-order valence-electron chi connectivity index (χ0n) is 12.7. The monoisotopic (exact) mass is 291 g/mol. The van der Waals surface area contributed by atoms with Gasteiger partial charge in [0.15, 0.2) is 0 Å². The summed E-state index contributed by atoms with van der Waals surface area (Å²) in [5.74, 6) is 0. The maximum Gasteiger partial charge on any atom is 0.0644 e. The van der Waals surface area contributed by atoms with Crippen LogP contribution in [0.15, 0.2) is 29.8 Å². The second-order valence-electron chi connectivity index (χ2n) is 5.09. The lowest BCUT2D eigenvalue weighted by Gasteiger charge is -2.16. The molecule has 3 nitrogen and oxygen atoms in total. The molecular formula is C16H25N3S. The van der Waals surface area contributed by atoms with Crippen molar-refractivity contribution >= 4 is 11.3 Å². The Morgan fingerprint density at radius 3 is 2.65 bits per heavy atom. The number of nitrogens with one attached hydrogen (secondary N) is 1. The first kappa shape index (κ1) is 15.3. The normalized spacial score (nSPS) is 13.0. The van der Waals surface area contributed by atoms with E-state index in [9.17, 15) is 0 Å². The van der Waals surface area contributed by atoms with E-state index in [1.54, 1.807) is 0 Å². The van der Waals surface area contributed by atoms with E-state index in [0.29, 0.717) is 12.1 Å². The van der Waals surface area contributed by atoms with Gasteiger partial charge in [-0.3, -0.25) is 4.68 Å². The molecule has 20 heavy (non-hydrogen) atoms. The Hall–Kier alpha value is -1.13. The van der Waals surface area contributed by atoms with Gasteiger partial charge in [-0.05, 0) is 36.9 Å². The lowest BCUT2D eigenvalue weighted by atomic mass is 10.1. The van der Waals surface area contributed by atoms with Crippen molar-refractivity contribution in [2.75, 3.05) is 6.54 Å². The summed E-state index contributed by atoms with van der Waals surface area (Å²) >= 11 is 1.82. The van der Waals surface area contributed by atoms with Gasteiger partial charge in [-0.1, -0.05) is 26.8 Å². The number of hydrogen-bond acceptors (Lipinski definition) is 3. The molecule has 0 radical (unpaired) electrons. The van der Waals surface area contributed by atoms with Crippen LogP contribution in [0.3, 0.4) is 0 Å². The average Bonchev–Trinajstić information content (AvgIpc) is 3.11. The highest BCUT2D eigenvalue weighted by molar-refractivity contribution is 7.10. The first-order valence-electron chi connectivity index (χ1n) is 7.59. The van der Waals surface area contributed by atoms with Gasteiger partial charge in [0.2, 0.25) is 0 Å². The van der Waals surface area contributed by atoms with Crippen LogP contribution >= 0.6 is 11.3 Å². The molecule has 0 aromatic carbocycles. The molecule has 0 saturated carbocycles. The van der Waals surface area contributed by atoms with E-state index in [-0.39, 0.29) is 0 Å². The van der Waals surface area contributed by atoms with Crippen molar-refractivity contribution in [3.63, 3.8) is 0 Å². The second-order valence-corrected chi connectivity index (χ2v) is 6.07. The van der Waals surface area contributed by atoms with Gasteiger partial charge in [-0.25, -0.2) is 0 Å². The number of rotatable bonds is 8. The van der Waals surface area contributed by atoms with E-state index >= 15 is 0 Å². The standard InChI is InChI=1S/C16H25N3S/c1-4-14(5-2)19-10-9-13(18-19)12-15(17-6-3)16-8-7-11-20-16/h7-11,14-15,17H,4-6,12H2,1-3H3. The van der Waals surface area contributed by atoms with Crippen LogP contribution in [0.25, 0.3) is 0 Å². The Balaban J connectivity index is 2.07. The Morgan fingerprint density at radius 2 is 2.05 bits per heavy atom. The minimum atomic E-state index is 0.380. The predicted molar refractivity (Wildman–Crippen MR) is 86.3 cm³/mol. The summed E-state index contributed by atoms with van der Waals surface area (Å²) < 4.78 is 2.13. The smallest absolute Gasteiger partial charge is 0.0644 e. The SMILES string of the molecule is CCNC(Cc1ccn(C(CC)CC)n1)c1cccs1. The van der Waals surface area contributed by atoms with Gasteiger partial charge in [-0.15, -0.1) is 11.3 Å². The van der Waals surface area contributed by atoms with E-state index < -0.39 is 0 Å². The average molecular weight is 291 g/mol. The zero-order chi connectivity index (χ0) is 14.4. The lowest BCUT2D eigenvalue weighted by molar-refractivity contribution is 0.423. The summed E-state index contributed by atoms with van der Waals surface area (Å²) in [5, 5.41) is 10.5. The molecule has 2 aromatic heterocycles. The first-order chi connectivity index (χ1) is 9.78. The molecule has 1 N–H and O–H groups in total. The van der Waals surface area contributed by atoms with Crippen molar-refractivity contribution < 1.29 is 0 Å². The van der Waals surface area contributed by atoms with Gasteiger partial charge < -0.3 is 5.32 Å². The maximum atomic E-state index is 4.77. The Morgan fingerprint density at radius 1 is 1.25 bits per heavy atom. The van der Waals surface area contributed by atoms with Crippen molar-refractivity contribution in [2.24, 2.45) is 0 Å². The van der Waals surface area contributed by atoms with Gasteiger partial charge in [0.25, 0.3) is 0 Å². The molecule has 2 rings (SSSR count). The number of aromatic nitrogens is 2. The van der Waals surface area contributed by atoms with Gasteiger partial charge >= 0.3 is 0 Å². The molecule has 0 aliphatic heterocycles. The number of hydrogen-bond donors (Lipinski definition) is 1. The zero-order valence-corrected chi connectivity index (χ0v) is 13.5. The van der Waals surface area contributed by atoms with E-state index in [4.69, 9.17) is 5.10 Å². The van der Waals surface area contributed by atoms with Gasteiger partial charge in [-0.2, -0.15) is 5.10 Å². The highest BCUT2D eigenvalue weighted by Gasteiger charge is 2.15. The van der Waals surface area contributed by atoms with E-state index in [0.717, 1.165) is 25.8 Å². The quantitative estimate of drug-likeness (QED) is 0.790. The molecule has 0 amide bonds. The van der Waals surface area contributed by atoms with Crippen LogP contribution < -0.4 is 5.32 Å². The van der Waals surface area contributed by atoms with E-state index in [1.807, 2.05) is 11.3 Å². The molecule has 1 unspecified atom stereocenters. The highest BCUT2D eigenvalue weighted by atomic mass is 32.1. The lowest BCUT2D eigenvalue weighted by Crippen LogP contribution is -2.22. The Kier molecular flexibility index (Phi) is 5.80. The molecule has 2 heterocycles. The minimum Gasteiger partial charge on any atom is -0.309 e. The molecule has 0 fully saturated rings. The summed E-state index contributed by atoms with van der Waals surface area (Å²) in [6, 6.07) is 7.40. The number of thiophene rings is 1. The fourth-order valence-electron chi connectivity index (χ4n) is 2.57. The third-order valence-electron chi connectivity index (χ3n) is 3.73. The van der Waals surface area contributed by atoms with Crippen LogP contribution in [0.5, 0.6) is 0 Å². The predicted octanol–water partition coefficient (Wildman–Crippen LogP) is 4.20. The fraction of sp³-hybridized carbons (Fsp3) is 0.562. The van der Waals surface area contributed by atoms with Crippen LogP contribution in [0, 0.1) is 0 Å². The Bertz CT molecular complexity index is 486. The molecule has 110 valence electrons. The molecule has 4 heteroatoms. The molecule has 0 aliphatic rings. The molecule has 0 spiro atoms. The van der Waals surface area contributed by atoms with Crippen LogP contribution in [0.2, 0.25) is 0 Å². The van der Waals surface area contributed by atoms with Gasteiger partial charge in [0.1, 0.15) is 0 Å². The fourth-order valence-corrected chi connectivity index (χ4v) is 3.37. The summed E-state index contributed by atoms with van der Waals surface area (Å²) in [4.78, 5) is 1.39.